The van der Waals surface area contributed by atoms with Gasteiger partial charge in [-0.25, -0.2) is 4.98 Å². The number of ether oxygens (including phenoxy) is 1. The minimum Gasteiger partial charge on any atom is -0.457 e. The molecule has 1 aromatic heterocycles. The van der Waals surface area contributed by atoms with E-state index in [0.717, 1.165) is 27.7 Å². The lowest BCUT2D eigenvalue weighted by Crippen LogP contribution is -1.92. The van der Waals surface area contributed by atoms with Crippen molar-refractivity contribution in [2.45, 2.75) is 6.92 Å². The van der Waals surface area contributed by atoms with Crippen LogP contribution in [0.25, 0.3) is 22.2 Å². The summed E-state index contributed by atoms with van der Waals surface area (Å²) in [4.78, 5) is 15.2. The van der Waals surface area contributed by atoms with Crippen LogP contribution in [0.3, 0.4) is 0 Å². The first-order valence-corrected chi connectivity index (χ1v) is 8.49. The standard InChI is InChI=1S/C22H16N2O3/c1-15-5-4-6-16(13-15)21-14-22(19-7-2-3-8-20(19)23-21)27-18-11-9-17(10-12-18)24(25)26/h2-14H,1H3. The van der Waals surface area contributed by atoms with Crippen molar-refractivity contribution in [3.8, 4) is 22.8 Å². The maximum absolute atomic E-state index is 10.8. The molecule has 27 heavy (non-hydrogen) atoms. The number of fused-ring (bicyclic) bond motifs is 1. The predicted octanol–water partition coefficient (Wildman–Crippen LogP) is 5.91. The second kappa shape index (κ2) is 6.88. The van der Waals surface area contributed by atoms with Crippen LogP contribution < -0.4 is 4.74 Å². The Morgan fingerprint density at radius 1 is 0.926 bits per heavy atom. The molecule has 0 bridgehead atoms. The SMILES string of the molecule is Cc1cccc(-c2cc(Oc3ccc([N+](=O)[O-])cc3)c3ccccc3n2)c1. The summed E-state index contributed by atoms with van der Waals surface area (Å²) < 4.78 is 6.06. The molecule has 0 atom stereocenters. The summed E-state index contributed by atoms with van der Waals surface area (Å²) in [6.07, 6.45) is 0. The summed E-state index contributed by atoms with van der Waals surface area (Å²) in [5, 5.41) is 11.7. The Bertz CT molecular complexity index is 1140. The molecule has 5 nitrogen and oxygen atoms in total. The third-order valence-corrected chi connectivity index (χ3v) is 4.27. The van der Waals surface area contributed by atoms with Gasteiger partial charge in [0.25, 0.3) is 5.69 Å². The molecular formula is C22H16N2O3. The lowest BCUT2D eigenvalue weighted by Gasteiger charge is -2.11. The highest BCUT2D eigenvalue weighted by molar-refractivity contribution is 5.88. The minimum absolute atomic E-state index is 0.0300. The number of aryl methyl sites for hydroxylation is 1. The number of pyridine rings is 1. The van der Waals surface area contributed by atoms with Gasteiger partial charge >= 0.3 is 0 Å². The van der Waals surface area contributed by atoms with Gasteiger partial charge in [0.05, 0.1) is 16.1 Å². The van der Waals surface area contributed by atoms with Crippen molar-refractivity contribution < 1.29 is 9.66 Å². The molecule has 0 aliphatic heterocycles. The van der Waals surface area contributed by atoms with Crippen LogP contribution in [-0.4, -0.2) is 9.91 Å². The van der Waals surface area contributed by atoms with Crippen LogP contribution in [0.5, 0.6) is 11.5 Å². The molecule has 132 valence electrons. The molecule has 0 spiro atoms. The van der Waals surface area contributed by atoms with Gasteiger partial charge in [-0.1, -0.05) is 35.9 Å². The van der Waals surface area contributed by atoms with Crippen molar-refractivity contribution in [3.05, 3.63) is 94.5 Å². The highest BCUT2D eigenvalue weighted by Gasteiger charge is 2.11. The monoisotopic (exact) mass is 356 g/mol. The Morgan fingerprint density at radius 2 is 1.70 bits per heavy atom. The molecular weight excluding hydrogens is 340 g/mol. The summed E-state index contributed by atoms with van der Waals surface area (Å²) in [5.41, 5.74) is 3.83. The van der Waals surface area contributed by atoms with E-state index in [0.29, 0.717) is 11.5 Å². The Hall–Kier alpha value is -3.73. The Labute approximate surface area is 156 Å². The van der Waals surface area contributed by atoms with Crippen LogP contribution in [0.4, 0.5) is 5.69 Å². The van der Waals surface area contributed by atoms with Crippen LogP contribution in [0, 0.1) is 17.0 Å². The van der Waals surface area contributed by atoms with E-state index in [1.807, 2.05) is 55.5 Å². The number of nitro groups is 1. The molecule has 3 aromatic carbocycles. The number of nitro benzene ring substituents is 1. The fourth-order valence-electron chi connectivity index (χ4n) is 2.94. The maximum Gasteiger partial charge on any atom is 0.269 e. The van der Waals surface area contributed by atoms with Gasteiger partial charge in [-0.15, -0.1) is 0 Å². The Morgan fingerprint density at radius 3 is 2.44 bits per heavy atom. The molecule has 0 amide bonds. The molecule has 0 saturated heterocycles. The first-order chi connectivity index (χ1) is 13.1. The van der Waals surface area contributed by atoms with Crippen LogP contribution in [-0.2, 0) is 0 Å². The number of benzene rings is 3. The number of rotatable bonds is 4. The second-order valence-electron chi connectivity index (χ2n) is 6.25. The molecule has 1 heterocycles. The highest BCUT2D eigenvalue weighted by Crippen LogP contribution is 2.33. The van der Waals surface area contributed by atoms with Crippen molar-refractivity contribution in [1.29, 1.82) is 0 Å². The average molecular weight is 356 g/mol. The molecule has 0 aliphatic carbocycles. The lowest BCUT2D eigenvalue weighted by atomic mass is 10.1. The van der Waals surface area contributed by atoms with E-state index in [4.69, 9.17) is 9.72 Å². The summed E-state index contributed by atoms with van der Waals surface area (Å²) in [7, 11) is 0. The normalized spacial score (nSPS) is 10.7. The molecule has 4 rings (SSSR count). The van der Waals surface area contributed by atoms with Gasteiger partial charge < -0.3 is 4.74 Å². The molecule has 0 saturated carbocycles. The van der Waals surface area contributed by atoms with Gasteiger partial charge in [-0.05, 0) is 37.3 Å². The molecule has 0 radical (unpaired) electrons. The number of non-ortho nitro benzene ring substituents is 1. The van der Waals surface area contributed by atoms with Crippen molar-refractivity contribution in [2.24, 2.45) is 0 Å². The summed E-state index contributed by atoms with van der Waals surface area (Å²) in [6, 6.07) is 23.8. The van der Waals surface area contributed by atoms with Crippen LogP contribution in [0.1, 0.15) is 5.56 Å². The van der Waals surface area contributed by atoms with Gasteiger partial charge in [0, 0.05) is 29.1 Å². The quantitative estimate of drug-likeness (QED) is 0.337. The first kappa shape index (κ1) is 16.7. The fraction of sp³-hybridized carbons (Fsp3) is 0.0455. The third-order valence-electron chi connectivity index (χ3n) is 4.27. The number of para-hydroxylation sites is 1. The van der Waals surface area contributed by atoms with Gasteiger partial charge in [-0.3, -0.25) is 10.1 Å². The van der Waals surface area contributed by atoms with E-state index in [1.165, 1.54) is 12.1 Å². The zero-order valence-electron chi connectivity index (χ0n) is 14.6. The van der Waals surface area contributed by atoms with Crippen molar-refractivity contribution in [3.63, 3.8) is 0 Å². The Kier molecular flexibility index (Phi) is 4.26. The van der Waals surface area contributed by atoms with E-state index < -0.39 is 4.92 Å². The number of hydrogen-bond donors (Lipinski definition) is 0. The molecule has 0 aliphatic rings. The molecule has 0 unspecified atom stereocenters. The maximum atomic E-state index is 10.8. The molecule has 0 N–H and O–H groups in total. The smallest absolute Gasteiger partial charge is 0.269 e. The zero-order chi connectivity index (χ0) is 18.8. The zero-order valence-corrected chi connectivity index (χ0v) is 14.6. The van der Waals surface area contributed by atoms with Gasteiger partial charge in [0.1, 0.15) is 11.5 Å². The number of nitrogens with zero attached hydrogens (tertiary/aromatic N) is 2. The molecule has 0 fully saturated rings. The van der Waals surface area contributed by atoms with Crippen molar-refractivity contribution in [1.82, 2.24) is 4.98 Å². The third kappa shape index (κ3) is 3.48. The Balaban J connectivity index is 1.80. The fourth-order valence-corrected chi connectivity index (χ4v) is 2.94. The molecule has 4 aromatic rings. The van der Waals surface area contributed by atoms with Crippen LogP contribution in [0.15, 0.2) is 78.9 Å². The topological polar surface area (TPSA) is 65.3 Å². The van der Waals surface area contributed by atoms with E-state index in [2.05, 4.69) is 6.07 Å². The van der Waals surface area contributed by atoms with E-state index >= 15 is 0 Å². The summed E-state index contributed by atoms with van der Waals surface area (Å²) in [6.45, 7) is 2.04. The van der Waals surface area contributed by atoms with Crippen molar-refractivity contribution in [2.75, 3.05) is 0 Å². The van der Waals surface area contributed by atoms with E-state index in [-0.39, 0.29) is 5.69 Å². The summed E-state index contributed by atoms with van der Waals surface area (Å²) >= 11 is 0. The van der Waals surface area contributed by atoms with Gasteiger partial charge in [0.15, 0.2) is 0 Å². The van der Waals surface area contributed by atoms with Crippen LogP contribution >= 0.6 is 0 Å². The molecule has 5 heteroatoms. The average Bonchev–Trinajstić information content (AvgIpc) is 2.68. The summed E-state index contributed by atoms with van der Waals surface area (Å²) in [5.74, 6) is 1.19. The number of aromatic nitrogens is 1. The minimum atomic E-state index is -0.429. The van der Waals surface area contributed by atoms with Crippen LogP contribution in [0.2, 0.25) is 0 Å². The predicted molar refractivity (Wildman–Crippen MR) is 105 cm³/mol. The van der Waals surface area contributed by atoms with Gasteiger partial charge in [0.2, 0.25) is 0 Å². The highest BCUT2D eigenvalue weighted by atomic mass is 16.6. The lowest BCUT2D eigenvalue weighted by molar-refractivity contribution is -0.384. The van der Waals surface area contributed by atoms with Gasteiger partial charge in [-0.2, -0.15) is 0 Å². The number of hydrogen-bond acceptors (Lipinski definition) is 4. The van der Waals surface area contributed by atoms with Crippen molar-refractivity contribution >= 4 is 16.6 Å². The second-order valence-corrected chi connectivity index (χ2v) is 6.25. The van der Waals surface area contributed by atoms with E-state index in [1.54, 1.807) is 12.1 Å². The largest absolute Gasteiger partial charge is 0.457 e. The first-order valence-electron chi connectivity index (χ1n) is 8.49. The van der Waals surface area contributed by atoms with E-state index in [9.17, 15) is 10.1 Å².